The summed E-state index contributed by atoms with van der Waals surface area (Å²) in [5.74, 6) is 0.0921. The quantitative estimate of drug-likeness (QED) is 0.635. The molecule has 5 nitrogen and oxygen atoms in total. The summed E-state index contributed by atoms with van der Waals surface area (Å²) in [6.45, 7) is 3.06. The first-order valence-corrected chi connectivity index (χ1v) is 5.20. The van der Waals surface area contributed by atoms with Crippen LogP contribution in [-0.2, 0) is 11.3 Å². The van der Waals surface area contributed by atoms with E-state index in [0.29, 0.717) is 13.1 Å². The van der Waals surface area contributed by atoms with E-state index in [9.17, 15) is 4.79 Å². The first-order valence-electron chi connectivity index (χ1n) is 5.20. The molecule has 1 aromatic rings. The predicted octanol–water partition coefficient (Wildman–Crippen LogP) is 0.401. The van der Waals surface area contributed by atoms with Crippen LogP contribution < -0.4 is 11.1 Å². The maximum Gasteiger partial charge on any atom is 0.223 e. The Morgan fingerprint density at radius 2 is 2.53 bits per heavy atom. The Balaban J connectivity index is 2.23. The van der Waals surface area contributed by atoms with Gasteiger partial charge in [-0.15, -0.1) is 0 Å². The molecule has 0 saturated carbocycles. The summed E-state index contributed by atoms with van der Waals surface area (Å²) in [7, 11) is 0. The highest BCUT2D eigenvalue weighted by molar-refractivity contribution is 5.78. The molecule has 84 valence electrons. The lowest BCUT2D eigenvalue weighted by Crippen LogP contribution is -2.29. The lowest BCUT2D eigenvalue weighted by atomic mass is 10.1. The topological polar surface area (TPSA) is 83.8 Å². The number of nitrogens with two attached hydrogens (primary N) is 1. The zero-order valence-corrected chi connectivity index (χ0v) is 8.99. The van der Waals surface area contributed by atoms with Crippen LogP contribution in [0.2, 0.25) is 0 Å². The highest BCUT2D eigenvalue weighted by Gasteiger charge is 2.11. The molecule has 0 aliphatic rings. The molecule has 0 aliphatic heterocycles. The smallest absolute Gasteiger partial charge is 0.223 e. The van der Waals surface area contributed by atoms with E-state index < -0.39 is 0 Å². The van der Waals surface area contributed by atoms with Crippen molar-refractivity contribution in [2.75, 3.05) is 6.54 Å². The molecule has 0 fully saturated rings. The average Bonchev–Trinajstić information content (AvgIpc) is 2.75. The van der Waals surface area contributed by atoms with E-state index in [1.54, 1.807) is 6.20 Å². The van der Waals surface area contributed by atoms with Crippen molar-refractivity contribution in [3.63, 3.8) is 0 Å². The van der Waals surface area contributed by atoms with Gasteiger partial charge >= 0.3 is 0 Å². The third-order valence-electron chi connectivity index (χ3n) is 2.30. The minimum atomic E-state index is 0.0245. The fourth-order valence-corrected chi connectivity index (χ4v) is 1.29. The number of carbonyl (C=O) groups excluding carboxylic acids is 1. The normalized spacial score (nSPS) is 12.4. The Bertz CT molecular complexity index is 284. The van der Waals surface area contributed by atoms with Crippen LogP contribution in [0.25, 0.3) is 0 Å². The molecular weight excluding hydrogens is 192 g/mol. The van der Waals surface area contributed by atoms with Gasteiger partial charge in [-0.3, -0.25) is 9.89 Å². The van der Waals surface area contributed by atoms with Crippen molar-refractivity contribution in [1.29, 1.82) is 0 Å². The molecule has 1 heterocycles. The number of nitrogens with zero attached hydrogens (tertiary/aromatic N) is 1. The fourth-order valence-electron chi connectivity index (χ4n) is 1.29. The molecule has 1 unspecified atom stereocenters. The summed E-state index contributed by atoms with van der Waals surface area (Å²) in [5, 5.41) is 9.43. The summed E-state index contributed by atoms with van der Waals surface area (Å²) in [6, 6.07) is 1.84. The van der Waals surface area contributed by atoms with Gasteiger partial charge in [-0.05, 0) is 25.5 Å². The summed E-state index contributed by atoms with van der Waals surface area (Å²) < 4.78 is 0. The van der Waals surface area contributed by atoms with E-state index in [1.807, 2.05) is 13.0 Å². The van der Waals surface area contributed by atoms with Crippen LogP contribution in [0.5, 0.6) is 0 Å². The van der Waals surface area contributed by atoms with Crippen molar-refractivity contribution < 1.29 is 4.79 Å². The lowest BCUT2D eigenvalue weighted by molar-refractivity contribution is -0.124. The number of aromatic amines is 1. The van der Waals surface area contributed by atoms with Gasteiger partial charge in [0.2, 0.25) is 5.91 Å². The van der Waals surface area contributed by atoms with E-state index in [0.717, 1.165) is 18.5 Å². The van der Waals surface area contributed by atoms with E-state index in [2.05, 4.69) is 15.5 Å². The Morgan fingerprint density at radius 1 is 1.73 bits per heavy atom. The third-order valence-corrected chi connectivity index (χ3v) is 2.30. The first-order chi connectivity index (χ1) is 7.24. The molecule has 0 saturated heterocycles. The van der Waals surface area contributed by atoms with Crippen LogP contribution in [0.3, 0.4) is 0 Å². The fraction of sp³-hybridized carbons (Fsp3) is 0.600. The second-order valence-electron chi connectivity index (χ2n) is 3.63. The average molecular weight is 210 g/mol. The van der Waals surface area contributed by atoms with Gasteiger partial charge in [0.1, 0.15) is 0 Å². The van der Waals surface area contributed by atoms with Crippen molar-refractivity contribution in [3.05, 3.63) is 18.0 Å². The van der Waals surface area contributed by atoms with Crippen molar-refractivity contribution in [3.8, 4) is 0 Å². The number of hydrogen-bond donors (Lipinski definition) is 3. The van der Waals surface area contributed by atoms with Gasteiger partial charge in [0.15, 0.2) is 0 Å². The standard InChI is InChI=1S/C10H18N4O/c1-8(3-2-5-11)10(15)12-7-9-4-6-13-14-9/h4,6,8H,2-3,5,7,11H2,1H3,(H,12,15)(H,13,14). The predicted molar refractivity (Wildman–Crippen MR) is 57.9 cm³/mol. The van der Waals surface area contributed by atoms with Crippen molar-refractivity contribution in [2.45, 2.75) is 26.3 Å². The van der Waals surface area contributed by atoms with E-state index in [1.165, 1.54) is 0 Å². The number of rotatable bonds is 6. The largest absolute Gasteiger partial charge is 0.350 e. The number of carbonyl (C=O) groups is 1. The number of H-pyrrole nitrogens is 1. The van der Waals surface area contributed by atoms with E-state index in [4.69, 9.17) is 5.73 Å². The van der Waals surface area contributed by atoms with Gasteiger partial charge in [0.25, 0.3) is 0 Å². The molecule has 0 radical (unpaired) electrons. The molecule has 1 rings (SSSR count). The highest BCUT2D eigenvalue weighted by Crippen LogP contribution is 2.04. The van der Waals surface area contributed by atoms with E-state index in [-0.39, 0.29) is 11.8 Å². The Labute approximate surface area is 89.4 Å². The SMILES string of the molecule is CC(CCCN)C(=O)NCc1ccn[nH]1. The molecule has 0 aromatic carbocycles. The minimum Gasteiger partial charge on any atom is -0.350 e. The molecule has 1 aromatic heterocycles. The second-order valence-corrected chi connectivity index (χ2v) is 3.63. The van der Waals surface area contributed by atoms with Crippen LogP contribution in [-0.4, -0.2) is 22.6 Å². The highest BCUT2D eigenvalue weighted by atomic mass is 16.1. The number of nitrogens with one attached hydrogen (secondary N) is 2. The zero-order valence-electron chi connectivity index (χ0n) is 8.99. The summed E-state index contributed by atoms with van der Waals surface area (Å²) in [4.78, 5) is 11.6. The molecule has 5 heteroatoms. The van der Waals surface area contributed by atoms with Crippen molar-refractivity contribution in [1.82, 2.24) is 15.5 Å². The van der Waals surface area contributed by atoms with Gasteiger partial charge in [-0.1, -0.05) is 6.92 Å². The molecule has 0 bridgehead atoms. The molecule has 1 amide bonds. The zero-order chi connectivity index (χ0) is 11.1. The van der Waals surface area contributed by atoms with Gasteiger partial charge < -0.3 is 11.1 Å². The van der Waals surface area contributed by atoms with Crippen molar-refractivity contribution in [2.24, 2.45) is 11.7 Å². The van der Waals surface area contributed by atoms with Crippen LogP contribution in [0.1, 0.15) is 25.5 Å². The number of amides is 1. The molecule has 15 heavy (non-hydrogen) atoms. The molecule has 4 N–H and O–H groups in total. The van der Waals surface area contributed by atoms with Crippen molar-refractivity contribution >= 4 is 5.91 Å². The lowest BCUT2D eigenvalue weighted by Gasteiger charge is -2.10. The second kappa shape index (κ2) is 6.19. The third kappa shape index (κ3) is 4.12. The summed E-state index contributed by atoms with van der Waals surface area (Å²) >= 11 is 0. The summed E-state index contributed by atoms with van der Waals surface area (Å²) in [6.07, 6.45) is 3.39. The van der Waals surface area contributed by atoms with Crippen LogP contribution >= 0.6 is 0 Å². The minimum absolute atomic E-state index is 0.0245. The monoisotopic (exact) mass is 210 g/mol. The van der Waals surface area contributed by atoms with Crippen LogP contribution in [0.15, 0.2) is 12.3 Å². The van der Waals surface area contributed by atoms with Gasteiger partial charge in [0.05, 0.1) is 12.2 Å². The molecule has 1 atom stereocenters. The van der Waals surface area contributed by atoms with E-state index >= 15 is 0 Å². The molecule has 0 spiro atoms. The maximum atomic E-state index is 11.6. The van der Waals surface area contributed by atoms with Crippen LogP contribution in [0, 0.1) is 5.92 Å². The number of hydrogen-bond acceptors (Lipinski definition) is 3. The molecule has 0 aliphatic carbocycles. The molecular formula is C10H18N4O. The Morgan fingerprint density at radius 3 is 3.13 bits per heavy atom. The van der Waals surface area contributed by atoms with Gasteiger partial charge in [0, 0.05) is 12.1 Å². The van der Waals surface area contributed by atoms with Gasteiger partial charge in [-0.25, -0.2) is 0 Å². The first kappa shape index (κ1) is 11.7. The Kier molecular flexibility index (Phi) is 4.83. The Hall–Kier alpha value is -1.36. The van der Waals surface area contributed by atoms with Crippen LogP contribution in [0.4, 0.5) is 0 Å². The number of aromatic nitrogens is 2. The summed E-state index contributed by atoms with van der Waals surface area (Å²) in [5.41, 5.74) is 6.29. The maximum absolute atomic E-state index is 11.6. The van der Waals surface area contributed by atoms with Gasteiger partial charge in [-0.2, -0.15) is 5.10 Å².